The predicted molar refractivity (Wildman–Crippen MR) is 90.8 cm³/mol. The molecule has 8 heteroatoms. The van der Waals surface area contributed by atoms with Gasteiger partial charge >= 0.3 is 0 Å². The molecule has 0 amide bonds. The van der Waals surface area contributed by atoms with Gasteiger partial charge in [-0.25, -0.2) is 8.42 Å². The van der Waals surface area contributed by atoms with Crippen molar-refractivity contribution in [2.24, 2.45) is 0 Å². The molecule has 0 fully saturated rings. The average molecular weight is 370 g/mol. The molecule has 1 heterocycles. The van der Waals surface area contributed by atoms with Gasteiger partial charge in [-0.2, -0.15) is 0 Å². The second-order valence-corrected chi connectivity index (χ2v) is 7.27. The van der Waals surface area contributed by atoms with Crippen LogP contribution in [0.15, 0.2) is 41.3 Å². The second-order valence-electron chi connectivity index (χ2n) is 5.00. The van der Waals surface area contributed by atoms with Crippen molar-refractivity contribution in [3.8, 4) is 17.2 Å². The van der Waals surface area contributed by atoms with Crippen LogP contribution in [0.5, 0.6) is 17.2 Å². The van der Waals surface area contributed by atoms with E-state index in [-0.39, 0.29) is 24.0 Å². The van der Waals surface area contributed by atoms with Crippen molar-refractivity contribution in [1.29, 1.82) is 0 Å². The summed E-state index contributed by atoms with van der Waals surface area (Å²) in [6.07, 6.45) is 0. The molecule has 6 nitrogen and oxygen atoms in total. The minimum absolute atomic E-state index is 0.0111. The molecule has 0 saturated heterocycles. The maximum Gasteiger partial charge on any atom is 0.268 e. The van der Waals surface area contributed by atoms with Gasteiger partial charge in [0.15, 0.2) is 11.5 Å². The molecule has 0 radical (unpaired) electrons. The number of halogens is 1. The zero-order chi connectivity index (χ0) is 17.3. The first-order chi connectivity index (χ1) is 11.5. The van der Waals surface area contributed by atoms with Crippen molar-refractivity contribution in [1.82, 2.24) is 0 Å². The Balaban J connectivity index is 2.08. The highest BCUT2D eigenvalue weighted by atomic mass is 35.5. The molecule has 0 N–H and O–H groups in total. The van der Waals surface area contributed by atoms with E-state index in [0.717, 1.165) is 0 Å². The van der Waals surface area contributed by atoms with Gasteiger partial charge in [0.1, 0.15) is 10.6 Å². The van der Waals surface area contributed by atoms with Crippen LogP contribution in [-0.2, 0) is 10.0 Å². The summed E-state index contributed by atoms with van der Waals surface area (Å²) in [7, 11) is -2.44. The fourth-order valence-electron chi connectivity index (χ4n) is 2.50. The van der Waals surface area contributed by atoms with Gasteiger partial charge in [0, 0.05) is 17.6 Å². The third-order valence-corrected chi connectivity index (χ3v) is 5.78. The second kappa shape index (κ2) is 6.41. The van der Waals surface area contributed by atoms with Crippen molar-refractivity contribution < 1.29 is 22.6 Å². The standard InChI is InChI=1S/C16H16ClNO5S/c1-3-18(12-5-7-13-15(9-12)23-10-22-13)24(19,20)16-8-11(17)4-6-14(16)21-2/h4-9H,3,10H2,1-2H3. The first kappa shape index (κ1) is 16.7. The molecular formula is C16H16ClNO5S. The van der Waals surface area contributed by atoms with E-state index in [0.29, 0.717) is 22.2 Å². The Bertz CT molecular complexity index is 869. The molecule has 2 aromatic carbocycles. The number of fused-ring (bicyclic) bond motifs is 1. The Labute approximate surface area is 145 Å². The van der Waals surface area contributed by atoms with Gasteiger partial charge in [-0.15, -0.1) is 0 Å². The third kappa shape index (κ3) is 2.85. The van der Waals surface area contributed by atoms with Crippen LogP contribution >= 0.6 is 11.6 Å². The molecule has 0 aliphatic carbocycles. The number of nitrogens with zero attached hydrogens (tertiary/aromatic N) is 1. The number of sulfonamides is 1. The minimum atomic E-state index is -3.86. The number of hydrogen-bond donors (Lipinski definition) is 0. The Morgan fingerprint density at radius 3 is 2.62 bits per heavy atom. The van der Waals surface area contributed by atoms with Crippen LogP contribution < -0.4 is 18.5 Å². The molecule has 0 unspecified atom stereocenters. The lowest BCUT2D eigenvalue weighted by molar-refractivity contribution is 0.174. The van der Waals surface area contributed by atoms with Crippen molar-refractivity contribution in [3.63, 3.8) is 0 Å². The molecule has 3 rings (SSSR count). The van der Waals surface area contributed by atoms with Gasteiger partial charge in [-0.3, -0.25) is 4.31 Å². The lowest BCUT2D eigenvalue weighted by Crippen LogP contribution is -2.31. The third-order valence-electron chi connectivity index (χ3n) is 3.63. The van der Waals surface area contributed by atoms with E-state index in [1.807, 2.05) is 0 Å². The quantitative estimate of drug-likeness (QED) is 0.809. The summed E-state index contributed by atoms with van der Waals surface area (Å²) in [5, 5.41) is 0.316. The Hall–Kier alpha value is -2.12. The fraction of sp³-hybridized carbons (Fsp3) is 0.250. The van der Waals surface area contributed by atoms with Crippen molar-refractivity contribution in [3.05, 3.63) is 41.4 Å². The normalized spacial score (nSPS) is 13.0. The van der Waals surface area contributed by atoms with Crippen molar-refractivity contribution in [2.75, 3.05) is 24.8 Å². The minimum Gasteiger partial charge on any atom is -0.495 e. The maximum atomic E-state index is 13.1. The van der Waals surface area contributed by atoms with Crippen molar-refractivity contribution >= 4 is 27.3 Å². The van der Waals surface area contributed by atoms with E-state index >= 15 is 0 Å². The summed E-state index contributed by atoms with van der Waals surface area (Å²) in [6, 6.07) is 9.49. The van der Waals surface area contributed by atoms with E-state index in [1.54, 1.807) is 31.2 Å². The molecule has 1 aliphatic heterocycles. The van der Waals surface area contributed by atoms with E-state index in [1.165, 1.54) is 23.5 Å². The van der Waals surface area contributed by atoms with Gasteiger partial charge in [-0.1, -0.05) is 11.6 Å². The van der Waals surface area contributed by atoms with Crippen LogP contribution in [0.2, 0.25) is 5.02 Å². The van der Waals surface area contributed by atoms with Crippen LogP contribution in [-0.4, -0.2) is 28.9 Å². The highest BCUT2D eigenvalue weighted by Gasteiger charge is 2.28. The molecule has 1 aliphatic rings. The van der Waals surface area contributed by atoms with Gasteiger partial charge < -0.3 is 14.2 Å². The topological polar surface area (TPSA) is 65.1 Å². The predicted octanol–water partition coefficient (Wildman–Crippen LogP) is 3.29. The highest BCUT2D eigenvalue weighted by Crippen LogP contribution is 2.38. The van der Waals surface area contributed by atoms with Gasteiger partial charge in [0.2, 0.25) is 6.79 Å². The van der Waals surface area contributed by atoms with Gasteiger partial charge in [0.25, 0.3) is 10.0 Å². The molecule has 0 aromatic heterocycles. The number of methoxy groups -OCH3 is 1. The average Bonchev–Trinajstić information content (AvgIpc) is 3.03. The molecular weight excluding hydrogens is 354 g/mol. The molecule has 128 valence electrons. The molecule has 0 bridgehead atoms. The smallest absolute Gasteiger partial charge is 0.268 e. The summed E-state index contributed by atoms with van der Waals surface area (Å²) in [4.78, 5) is 0.0111. The first-order valence-corrected chi connectivity index (χ1v) is 9.05. The van der Waals surface area contributed by atoms with Crippen LogP contribution in [0.1, 0.15) is 6.92 Å². The number of rotatable bonds is 5. The summed E-state index contributed by atoms with van der Waals surface area (Å²) >= 11 is 5.98. The number of hydrogen-bond acceptors (Lipinski definition) is 5. The lowest BCUT2D eigenvalue weighted by atomic mass is 10.3. The van der Waals surface area contributed by atoms with E-state index in [9.17, 15) is 8.42 Å². The maximum absolute atomic E-state index is 13.1. The van der Waals surface area contributed by atoms with Gasteiger partial charge in [0.05, 0.1) is 12.8 Å². The summed E-state index contributed by atoms with van der Waals surface area (Å²) in [5.41, 5.74) is 0.476. The largest absolute Gasteiger partial charge is 0.495 e. The zero-order valence-corrected chi connectivity index (χ0v) is 14.7. The highest BCUT2D eigenvalue weighted by molar-refractivity contribution is 7.93. The summed E-state index contributed by atoms with van der Waals surface area (Å²) < 4.78 is 43.3. The molecule has 24 heavy (non-hydrogen) atoms. The van der Waals surface area contributed by atoms with E-state index in [4.69, 9.17) is 25.8 Å². The van der Waals surface area contributed by atoms with Crippen LogP contribution in [0.3, 0.4) is 0 Å². The SMILES string of the molecule is CCN(c1ccc2c(c1)OCO2)S(=O)(=O)c1cc(Cl)ccc1OC. The molecule has 2 aromatic rings. The van der Waals surface area contributed by atoms with E-state index < -0.39 is 10.0 Å². The molecule has 0 atom stereocenters. The number of benzene rings is 2. The Morgan fingerprint density at radius 2 is 1.92 bits per heavy atom. The fourth-order valence-corrected chi connectivity index (χ4v) is 4.39. The number of anilines is 1. The monoisotopic (exact) mass is 369 g/mol. The Kier molecular flexibility index (Phi) is 4.47. The molecule has 0 saturated carbocycles. The van der Waals surface area contributed by atoms with Crippen LogP contribution in [0.4, 0.5) is 5.69 Å². The van der Waals surface area contributed by atoms with E-state index in [2.05, 4.69) is 0 Å². The molecule has 0 spiro atoms. The zero-order valence-electron chi connectivity index (χ0n) is 13.2. The van der Waals surface area contributed by atoms with Gasteiger partial charge in [-0.05, 0) is 37.3 Å². The summed E-state index contributed by atoms with van der Waals surface area (Å²) in [6.45, 7) is 2.11. The lowest BCUT2D eigenvalue weighted by Gasteiger charge is -2.24. The Morgan fingerprint density at radius 1 is 1.17 bits per heavy atom. The first-order valence-electron chi connectivity index (χ1n) is 7.23. The van der Waals surface area contributed by atoms with Crippen LogP contribution in [0.25, 0.3) is 0 Å². The number of ether oxygens (including phenoxy) is 3. The van der Waals surface area contributed by atoms with Crippen molar-refractivity contribution in [2.45, 2.75) is 11.8 Å². The summed E-state index contributed by atoms with van der Waals surface area (Å²) in [5.74, 6) is 1.34. The van der Waals surface area contributed by atoms with Crippen LogP contribution in [0, 0.1) is 0 Å².